The number of benzene rings is 3. The third kappa shape index (κ3) is 5.55. The Kier molecular flexibility index (Phi) is 6.93. The average molecular weight is 507 g/mol. The average Bonchev–Trinajstić information content (AvgIpc) is 3.21. The van der Waals surface area contributed by atoms with Gasteiger partial charge in [-0.05, 0) is 66.3 Å². The molecule has 2 atom stereocenters. The topological polar surface area (TPSA) is 57.3 Å². The van der Waals surface area contributed by atoms with E-state index < -0.39 is 0 Å². The Morgan fingerprint density at radius 1 is 0.919 bits per heavy atom. The predicted octanol–water partition coefficient (Wildman–Crippen LogP) is 6.30. The number of aryl methyl sites for hydroxylation is 2. The SMILES string of the molecule is O=C(Nc1ccc2c(c1)Nc1ccccc1CC2)[C@@H]1C[C@H](Sc2ccccn2)CN1Cc1ccccc1. The van der Waals surface area contributed by atoms with Gasteiger partial charge < -0.3 is 10.6 Å². The molecule has 0 spiro atoms. The highest BCUT2D eigenvalue weighted by Crippen LogP contribution is 2.35. The number of carbonyl (C=O) groups excluding carboxylic acids is 1. The molecule has 3 aromatic carbocycles. The molecule has 5 nitrogen and oxygen atoms in total. The molecule has 0 bridgehead atoms. The van der Waals surface area contributed by atoms with E-state index in [-0.39, 0.29) is 11.9 Å². The fraction of sp³-hybridized carbons (Fsp3) is 0.226. The Morgan fingerprint density at radius 3 is 2.54 bits per heavy atom. The standard InChI is InChI=1S/C31H30N4OS/c36-31(33-25-16-15-24-14-13-23-10-4-5-11-27(23)34-28(24)18-25)29-19-26(37-30-12-6-7-17-32-30)21-35(29)20-22-8-2-1-3-9-22/h1-12,15-18,26,29,34H,13-14,19-21H2,(H,33,36)/t26-,29-/m0/s1. The molecule has 1 amide bonds. The van der Waals surface area contributed by atoms with Crippen molar-refractivity contribution in [1.29, 1.82) is 0 Å². The maximum Gasteiger partial charge on any atom is 0.241 e. The van der Waals surface area contributed by atoms with Crippen LogP contribution in [0.15, 0.2) is 102 Å². The first-order chi connectivity index (χ1) is 18.2. The van der Waals surface area contributed by atoms with E-state index in [1.807, 2.05) is 36.5 Å². The molecule has 0 unspecified atom stereocenters. The minimum atomic E-state index is -0.200. The number of hydrogen-bond acceptors (Lipinski definition) is 5. The second kappa shape index (κ2) is 10.8. The number of thioether (sulfide) groups is 1. The number of rotatable bonds is 6. The Balaban J connectivity index is 1.20. The summed E-state index contributed by atoms with van der Waals surface area (Å²) in [4.78, 5) is 20.4. The third-order valence-corrected chi connectivity index (χ3v) is 8.31. The van der Waals surface area contributed by atoms with Gasteiger partial charge in [0.05, 0.1) is 11.1 Å². The number of carbonyl (C=O) groups is 1. The van der Waals surface area contributed by atoms with Crippen LogP contribution in [-0.2, 0) is 24.2 Å². The fourth-order valence-electron chi connectivity index (χ4n) is 5.29. The van der Waals surface area contributed by atoms with Crippen molar-refractivity contribution in [2.75, 3.05) is 17.2 Å². The summed E-state index contributed by atoms with van der Waals surface area (Å²) in [6.45, 7) is 1.59. The van der Waals surface area contributed by atoms with Crippen molar-refractivity contribution in [2.24, 2.45) is 0 Å². The van der Waals surface area contributed by atoms with Crippen LogP contribution in [-0.4, -0.2) is 33.6 Å². The Labute approximate surface area is 222 Å². The molecule has 0 saturated carbocycles. The second-order valence-electron chi connectivity index (χ2n) is 9.72. The molecule has 3 heterocycles. The van der Waals surface area contributed by atoms with Crippen LogP contribution in [0.1, 0.15) is 23.1 Å². The number of para-hydroxylation sites is 1. The van der Waals surface area contributed by atoms with Crippen LogP contribution < -0.4 is 10.6 Å². The highest BCUT2D eigenvalue weighted by Gasteiger charge is 2.37. The van der Waals surface area contributed by atoms with Crippen LogP contribution in [0.25, 0.3) is 0 Å². The fourth-order valence-corrected chi connectivity index (χ4v) is 6.45. The van der Waals surface area contributed by atoms with Crippen molar-refractivity contribution >= 4 is 34.7 Å². The maximum absolute atomic E-state index is 13.6. The van der Waals surface area contributed by atoms with Gasteiger partial charge in [-0.1, -0.05) is 60.7 Å². The first kappa shape index (κ1) is 23.8. The second-order valence-corrected chi connectivity index (χ2v) is 11.0. The van der Waals surface area contributed by atoms with Crippen molar-refractivity contribution < 1.29 is 4.79 Å². The first-order valence-corrected chi connectivity index (χ1v) is 13.7. The Morgan fingerprint density at radius 2 is 1.70 bits per heavy atom. The van der Waals surface area contributed by atoms with E-state index in [0.717, 1.165) is 54.4 Å². The van der Waals surface area contributed by atoms with Gasteiger partial charge >= 0.3 is 0 Å². The number of pyridine rings is 1. The molecule has 186 valence electrons. The van der Waals surface area contributed by atoms with E-state index in [2.05, 4.69) is 81.2 Å². The quantitative estimate of drug-likeness (QED) is 0.322. The monoisotopic (exact) mass is 506 g/mol. The third-order valence-electron chi connectivity index (χ3n) is 7.15. The highest BCUT2D eigenvalue weighted by molar-refractivity contribution is 7.99. The van der Waals surface area contributed by atoms with Crippen molar-refractivity contribution in [1.82, 2.24) is 9.88 Å². The molecule has 6 rings (SSSR count). The molecule has 1 fully saturated rings. The zero-order chi connectivity index (χ0) is 25.0. The number of hydrogen-bond donors (Lipinski definition) is 2. The lowest BCUT2D eigenvalue weighted by Crippen LogP contribution is -2.39. The van der Waals surface area contributed by atoms with Gasteiger partial charge in [0.1, 0.15) is 0 Å². The van der Waals surface area contributed by atoms with Crippen molar-refractivity contribution in [2.45, 2.75) is 42.1 Å². The molecule has 6 heteroatoms. The van der Waals surface area contributed by atoms with Gasteiger partial charge in [-0.2, -0.15) is 0 Å². The van der Waals surface area contributed by atoms with Crippen LogP contribution in [0.4, 0.5) is 17.1 Å². The summed E-state index contributed by atoms with van der Waals surface area (Å²) in [6.07, 6.45) is 4.60. The van der Waals surface area contributed by atoms with Crippen LogP contribution in [0.3, 0.4) is 0 Å². The number of likely N-dealkylation sites (tertiary alicyclic amines) is 1. The van der Waals surface area contributed by atoms with Crippen molar-refractivity contribution in [3.05, 3.63) is 114 Å². The molecule has 2 aliphatic heterocycles. The number of anilines is 3. The van der Waals surface area contributed by atoms with E-state index >= 15 is 0 Å². The molecule has 0 aliphatic carbocycles. The van der Waals surface area contributed by atoms with E-state index in [4.69, 9.17) is 0 Å². The number of nitrogens with zero attached hydrogens (tertiary/aromatic N) is 2. The van der Waals surface area contributed by atoms with Gasteiger partial charge in [-0.3, -0.25) is 9.69 Å². The van der Waals surface area contributed by atoms with Crippen molar-refractivity contribution in [3.8, 4) is 0 Å². The smallest absolute Gasteiger partial charge is 0.241 e. The summed E-state index contributed by atoms with van der Waals surface area (Å²) in [6, 6.07) is 30.9. The molecule has 2 N–H and O–H groups in total. The molecule has 2 aliphatic rings. The summed E-state index contributed by atoms with van der Waals surface area (Å²) in [7, 11) is 0. The van der Waals surface area contributed by atoms with Gasteiger partial charge in [0.2, 0.25) is 5.91 Å². The lowest BCUT2D eigenvalue weighted by molar-refractivity contribution is -0.120. The minimum Gasteiger partial charge on any atom is -0.355 e. The van der Waals surface area contributed by atoms with Crippen molar-refractivity contribution in [3.63, 3.8) is 0 Å². The van der Waals surface area contributed by atoms with E-state index in [9.17, 15) is 4.79 Å². The summed E-state index contributed by atoms with van der Waals surface area (Å²) in [5.74, 6) is 0.0500. The number of amides is 1. The summed E-state index contributed by atoms with van der Waals surface area (Å²) >= 11 is 1.76. The van der Waals surface area contributed by atoms with Gasteiger partial charge in [0.25, 0.3) is 0 Å². The van der Waals surface area contributed by atoms with Gasteiger partial charge in [0, 0.05) is 41.6 Å². The maximum atomic E-state index is 13.6. The van der Waals surface area contributed by atoms with E-state index in [1.54, 1.807) is 11.8 Å². The summed E-state index contributed by atoms with van der Waals surface area (Å²) < 4.78 is 0. The van der Waals surface area contributed by atoms with E-state index in [0.29, 0.717) is 5.25 Å². The lowest BCUT2D eigenvalue weighted by atomic mass is 10.0. The first-order valence-electron chi connectivity index (χ1n) is 12.9. The zero-order valence-corrected chi connectivity index (χ0v) is 21.5. The van der Waals surface area contributed by atoms with Gasteiger partial charge in [-0.25, -0.2) is 4.98 Å². The highest BCUT2D eigenvalue weighted by atomic mass is 32.2. The number of fused-ring (bicyclic) bond motifs is 2. The lowest BCUT2D eigenvalue weighted by Gasteiger charge is -2.24. The molecular weight excluding hydrogens is 476 g/mol. The van der Waals surface area contributed by atoms with Gasteiger partial charge in [0.15, 0.2) is 0 Å². The van der Waals surface area contributed by atoms with Crippen LogP contribution in [0, 0.1) is 0 Å². The summed E-state index contributed by atoms with van der Waals surface area (Å²) in [5, 5.41) is 8.13. The Bertz CT molecular complexity index is 1380. The Hall–Kier alpha value is -3.61. The summed E-state index contributed by atoms with van der Waals surface area (Å²) in [5.41, 5.74) is 6.85. The predicted molar refractivity (Wildman–Crippen MR) is 151 cm³/mol. The molecule has 1 aromatic heterocycles. The molecular formula is C31H30N4OS. The number of nitrogens with one attached hydrogen (secondary N) is 2. The van der Waals surface area contributed by atoms with Crippen LogP contribution in [0.5, 0.6) is 0 Å². The largest absolute Gasteiger partial charge is 0.355 e. The number of aromatic nitrogens is 1. The van der Waals surface area contributed by atoms with E-state index in [1.165, 1.54) is 16.7 Å². The van der Waals surface area contributed by atoms with Crippen LogP contribution in [0.2, 0.25) is 0 Å². The zero-order valence-electron chi connectivity index (χ0n) is 20.6. The molecule has 0 radical (unpaired) electrons. The van der Waals surface area contributed by atoms with Crippen LogP contribution >= 0.6 is 11.8 Å². The molecule has 37 heavy (non-hydrogen) atoms. The minimum absolute atomic E-state index is 0.0500. The molecule has 4 aromatic rings. The van der Waals surface area contributed by atoms with Gasteiger partial charge in [-0.15, -0.1) is 11.8 Å². The molecule has 1 saturated heterocycles. The normalized spacial score (nSPS) is 18.8.